The minimum absolute atomic E-state index is 0.188. The lowest BCUT2D eigenvalue weighted by molar-refractivity contribution is 0.981. The number of benzene rings is 2. The van der Waals surface area contributed by atoms with Crippen molar-refractivity contribution in [1.82, 2.24) is 20.4 Å². The third-order valence-electron chi connectivity index (χ3n) is 4.07. The molecule has 29 heavy (non-hydrogen) atoms. The number of H-pyrrole nitrogens is 2. The summed E-state index contributed by atoms with van der Waals surface area (Å²) in [6.45, 7) is 1.86. The van der Waals surface area contributed by atoms with Crippen molar-refractivity contribution in [2.75, 3.05) is 11.5 Å². The van der Waals surface area contributed by atoms with Crippen molar-refractivity contribution in [3.63, 3.8) is 0 Å². The summed E-state index contributed by atoms with van der Waals surface area (Å²) in [4.78, 5) is 21.8. The number of aryl methyl sites for hydroxylation is 1. The molecule has 0 saturated carbocycles. The fourth-order valence-electron chi connectivity index (χ4n) is 2.59. The summed E-state index contributed by atoms with van der Waals surface area (Å²) in [5.74, 6) is 0. The van der Waals surface area contributed by atoms with Gasteiger partial charge in [0.25, 0.3) is 11.1 Å². The zero-order chi connectivity index (χ0) is 20.8. The maximum Gasteiger partial charge on any atom is 0.264 e. The lowest BCUT2D eigenvalue weighted by atomic mass is 10.1. The van der Waals surface area contributed by atoms with Crippen LogP contribution in [0.4, 0.5) is 11.4 Å². The highest BCUT2D eigenvalue weighted by Crippen LogP contribution is 2.20. The van der Waals surface area contributed by atoms with Gasteiger partial charge in [0.2, 0.25) is 0 Å². The van der Waals surface area contributed by atoms with Crippen LogP contribution in [0, 0.1) is 6.92 Å². The lowest BCUT2D eigenvalue weighted by Crippen LogP contribution is -2.08. The molecule has 0 unspecified atom stereocenters. The molecule has 2 aromatic heterocycles. The number of aromatic amines is 2. The van der Waals surface area contributed by atoms with Gasteiger partial charge in [-0.1, -0.05) is 24.3 Å². The number of rotatable bonds is 2. The topological polar surface area (TPSA) is 144 Å². The predicted molar refractivity (Wildman–Crippen MR) is 114 cm³/mol. The first kappa shape index (κ1) is 19.6. The first-order valence-electron chi connectivity index (χ1n) is 8.76. The van der Waals surface area contributed by atoms with E-state index in [4.69, 9.17) is 11.5 Å². The van der Waals surface area contributed by atoms with Gasteiger partial charge in [0.1, 0.15) is 0 Å². The number of hydrogen-bond acceptors (Lipinski definition) is 6. The minimum atomic E-state index is -0.204. The smallest absolute Gasteiger partial charge is 0.264 e. The number of hydrogen-bond donors (Lipinski definition) is 4. The van der Waals surface area contributed by atoms with E-state index < -0.39 is 0 Å². The van der Waals surface area contributed by atoms with Crippen molar-refractivity contribution >= 4 is 11.4 Å². The van der Waals surface area contributed by atoms with Gasteiger partial charge in [0, 0.05) is 34.6 Å². The second-order valence-corrected chi connectivity index (χ2v) is 6.31. The monoisotopic (exact) mass is 388 g/mol. The molecule has 0 spiro atoms. The number of nitrogens with one attached hydrogen (secondary N) is 2. The SMILES string of the molecule is Cc1cc(=O)[nH]nc1-c1ccc(N)cc1.Nc1ccc(-c2ccc(=O)[nH]n2)cc1. The molecule has 2 heterocycles. The van der Waals surface area contributed by atoms with Crippen LogP contribution in [0.5, 0.6) is 0 Å². The van der Waals surface area contributed by atoms with Crippen LogP contribution in [0.3, 0.4) is 0 Å². The summed E-state index contributed by atoms with van der Waals surface area (Å²) in [6, 6.07) is 19.3. The van der Waals surface area contributed by atoms with E-state index in [1.807, 2.05) is 43.3 Å². The number of nitrogens with two attached hydrogens (primary N) is 2. The van der Waals surface area contributed by atoms with E-state index >= 15 is 0 Å². The quantitative estimate of drug-likeness (QED) is 0.388. The summed E-state index contributed by atoms with van der Waals surface area (Å²) in [5.41, 5.74) is 16.4. The average Bonchev–Trinajstić information content (AvgIpc) is 2.71. The molecule has 8 heteroatoms. The zero-order valence-corrected chi connectivity index (χ0v) is 15.7. The highest BCUT2D eigenvalue weighted by atomic mass is 16.1. The van der Waals surface area contributed by atoms with E-state index in [2.05, 4.69) is 20.4 Å². The average molecular weight is 388 g/mol. The molecular weight excluding hydrogens is 368 g/mol. The summed E-state index contributed by atoms with van der Waals surface area (Å²) in [7, 11) is 0. The van der Waals surface area contributed by atoms with Crippen LogP contribution in [0.2, 0.25) is 0 Å². The Morgan fingerprint density at radius 1 is 0.690 bits per heavy atom. The van der Waals surface area contributed by atoms with Gasteiger partial charge in [0.05, 0.1) is 11.4 Å². The normalized spacial score (nSPS) is 10.1. The highest BCUT2D eigenvalue weighted by molar-refractivity contribution is 5.64. The molecular formula is C21H20N6O2. The summed E-state index contributed by atoms with van der Waals surface area (Å²) >= 11 is 0. The number of aromatic nitrogens is 4. The molecule has 4 rings (SSSR count). The Hall–Kier alpha value is -4.20. The fraction of sp³-hybridized carbons (Fsp3) is 0.0476. The van der Waals surface area contributed by atoms with Crippen LogP contribution in [-0.4, -0.2) is 20.4 Å². The van der Waals surface area contributed by atoms with Crippen molar-refractivity contribution in [1.29, 1.82) is 0 Å². The van der Waals surface area contributed by atoms with Crippen LogP contribution in [0.1, 0.15) is 5.56 Å². The highest BCUT2D eigenvalue weighted by Gasteiger charge is 2.03. The molecule has 4 aromatic rings. The molecule has 0 radical (unpaired) electrons. The fourth-order valence-corrected chi connectivity index (χ4v) is 2.59. The van der Waals surface area contributed by atoms with Crippen molar-refractivity contribution in [2.45, 2.75) is 6.92 Å². The van der Waals surface area contributed by atoms with Gasteiger partial charge in [-0.3, -0.25) is 9.59 Å². The zero-order valence-electron chi connectivity index (χ0n) is 15.7. The van der Waals surface area contributed by atoms with Gasteiger partial charge in [-0.15, -0.1) is 0 Å². The Morgan fingerprint density at radius 2 is 1.24 bits per heavy atom. The Bertz CT molecular complexity index is 1190. The van der Waals surface area contributed by atoms with Crippen LogP contribution in [0.25, 0.3) is 22.5 Å². The Labute approximate surface area is 166 Å². The van der Waals surface area contributed by atoms with E-state index in [1.54, 1.807) is 18.2 Å². The minimum Gasteiger partial charge on any atom is -0.399 e. The molecule has 0 aliphatic rings. The van der Waals surface area contributed by atoms with Gasteiger partial charge in [-0.05, 0) is 42.8 Å². The van der Waals surface area contributed by atoms with Gasteiger partial charge < -0.3 is 11.5 Å². The van der Waals surface area contributed by atoms with Crippen molar-refractivity contribution < 1.29 is 0 Å². The maximum atomic E-state index is 11.0. The van der Waals surface area contributed by atoms with Crippen LogP contribution >= 0.6 is 0 Å². The van der Waals surface area contributed by atoms with Crippen molar-refractivity contribution in [3.8, 4) is 22.5 Å². The molecule has 8 nitrogen and oxygen atoms in total. The number of nitrogen functional groups attached to an aromatic ring is 2. The summed E-state index contributed by atoms with van der Waals surface area (Å²) in [5, 5.41) is 12.7. The maximum absolute atomic E-state index is 11.0. The summed E-state index contributed by atoms with van der Waals surface area (Å²) < 4.78 is 0. The lowest BCUT2D eigenvalue weighted by Gasteiger charge is -2.03. The van der Waals surface area contributed by atoms with Crippen LogP contribution < -0.4 is 22.6 Å². The van der Waals surface area contributed by atoms with E-state index in [-0.39, 0.29) is 11.1 Å². The molecule has 0 aliphatic carbocycles. The Balaban J connectivity index is 0.000000166. The number of nitrogens with zero attached hydrogens (tertiary/aromatic N) is 2. The van der Waals surface area contributed by atoms with E-state index in [0.717, 1.165) is 28.1 Å². The standard InChI is InChI=1S/C11H11N3O.C10H9N3O/c1-7-6-10(15)13-14-11(7)8-2-4-9(12)5-3-8;11-8-3-1-7(2-4-8)9-5-6-10(14)13-12-9/h2-6H,12H2,1H3,(H,13,15);1-6H,11H2,(H,13,14). The van der Waals surface area contributed by atoms with Crippen molar-refractivity contribution in [2.24, 2.45) is 0 Å². The van der Waals surface area contributed by atoms with Gasteiger partial charge in [-0.2, -0.15) is 10.2 Å². The Kier molecular flexibility index (Phi) is 5.84. The first-order valence-corrected chi connectivity index (χ1v) is 8.76. The second kappa shape index (κ2) is 8.66. The molecule has 0 fully saturated rings. The van der Waals surface area contributed by atoms with Crippen LogP contribution in [0.15, 0.2) is 76.3 Å². The van der Waals surface area contributed by atoms with E-state index in [1.165, 1.54) is 12.1 Å². The summed E-state index contributed by atoms with van der Waals surface area (Å²) in [6.07, 6.45) is 0. The molecule has 0 atom stereocenters. The second-order valence-electron chi connectivity index (χ2n) is 6.31. The van der Waals surface area contributed by atoms with Crippen molar-refractivity contribution in [3.05, 3.63) is 93.0 Å². The third-order valence-corrected chi connectivity index (χ3v) is 4.07. The molecule has 0 aliphatic heterocycles. The molecule has 2 aromatic carbocycles. The Morgan fingerprint density at radius 3 is 1.76 bits per heavy atom. The molecule has 146 valence electrons. The first-order chi connectivity index (χ1) is 13.9. The molecule has 6 N–H and O–H groups in total. The molecule has 0 bridgehead atoms. The third kappa shape index (κ3) is 5.16. The van der Waals surface area contributed by atoms with Crippen LogP contribution in [-0.2, 0) is 0 Å². The van der Waals surface area contributed by atoms with E-state index in [0.29, 0.717) is 11.4 Å². The number of anilines is 2. The predicted octanol–water partition coefficient (Wildman–Crippen LogP) is 2.35. The van der Waals surface area contributed by atoms with E-state index in [9.17, 15) is 9.59 Å². The molecule has 0 amide bonds. The van der Waals surface area contributed by atoms with Gasteiger partial charge in [0.15, 0.2) is 0 Å². The van der Waals surface area contributed by atoms with Gasteiger partial charge >= 0.3 is 0 Å². The largest absolute Gasteiger partial charge is 0.399 e. The molecule has 0 saturated heterocycles. The van der Waals surface area contributed by atoms with Gasteiger partial charge in [-0.25, -0.2) is 10.2 Å².